The summed E-state index contributed by atoms with van der Waals surface area (Å²) in [5.74, 6) is 2.81. The van der Waals surface area contributed by atoms with Gasteiger partial charge in [-0.25, -0.2) is 14.6 Å². The van der Waals surface area contributed by atoms with Crippen LogP contribution in [0.3, 0.4) is 0 Å². The van der Waals surface area contributed by atoms with Gasteiger partial charge in [0.25, 0.3) is 0 Å². The highest BCUT2D eigenvalue weighted by atomic mass is 16.5. The lowest BCUT2D eigenvalue weighted by atomic mass is 9.99. The van der Waals surface area contributed by atoms with Crippen LogP contribution < -0.4 is 19.7 Å². The zero-order valence-electron chi connectivity index (χ0n) is 16.3. The van der Waals surface area contributed by atoms with Gasteiger partial charge in [0.1, 0.15) is 23.6 Å². The van der Waals surface area contributed by atoms with Crippen LogP contribution in [0.4, 0.5) is 5.82 Å². The summed E-state index contributed by atoms with van der Waals surface area (Å²) in [6.45, 7) is 1.63. The van der Waals surface area contributed by atoms with Crippen molar-refractivity contribution in [2.24, 2.45) is 5.92 Å². The third-order valence-corrected chi connectivity index (χ3v) is 4.90. The van der Waals surface area contributed by atoms with Gasteiger partial charge in [0.15, 0.2) is 5.82 Å². The molecule has 0 unspecified atom stereocenters. The number of carbonyl (C=O) groups is 1. The van der Waals surface area contributed by atoms with Crippen molar-refractivity contribution in [2.45, 2.75) is 6.54 Å². The van der Waals surface area contributed by atoms with Gasteiger partial charge in [0, 0.05) is 49.7 Å². The molecule has 150 valence electrons. The minimum atomic E-state index is -0.0811. The topological polar surface area (TPSA) is 94.4 Å². The van der Waals surface area contributed by atoms with E-state index in [-0.39, 0.29) is 11.8 Å². The third kappa shape index (κ3) is 3.98. The van der Waals surface area contributed by atoms with Crippen LogP contribution in [-0.4, -0.2) is 53.0 Å². The molecule has 1 aromatic carbocycles. The number of hydrogen-bond acceptors (Lipinski definition) is 7. The second-order valence-electron chi connectivity index (χ2n) is 6.68. The Kier molecular flexibility index (Phi) is 5.28. The highest BCUT2D eigenvalue weighted by molar-refractivity contribution is 5.81. The molecular weight excluding hydrogens is 372 g/mol. The Bertz CT molecular complexity index is 986. The fourth-order valence-corrected chi connectivity index (χ4v) is 3.20. The first-order chi connectivity index (χ1) is 14.2. The Balaban J connectivity index is 1.32. The number of amides is 1. The van der Waals surface area contributed by atoms with E-state index >= 15 is 0 Å². The van der Waals surface area contributed by atoms with Gasteiger partial charge in [-0.3, -0.25) is 4.79 Å². The quantitative estimate of drug-likeness (QED) is 0.648. The van der Waals surface area contributed by atoms with E-state index in [9.17, 15) is 4.79 Å². The summed E-state index contributed by atoms with van der Waals surface area (Å²) < 4.78 is 12.3. The van der Waals surface area contributed by atoms with E-state index in [0.717, 1.165) is 11.4 Å². The van der Waals surface area contributed by atoms with Crippen LogP contribution in [0.1, 0.15) is 5.56 Å². The summed E-state index contributed by atoms with van der Waals surface area (Å²) in [6, 6.07) is 9.25. The molecule has 0 bridgehead atoms. The number of rotatable bonds is 7. The van der Waals surface area contributed by atoms with Crippen molar-refractivity contribution in [1.29, 1.82) is 0 Å². The second kappa shape index (κ2) is 8.17. The normalized spacial score (nSPS) is 13.7. The van der Waals surface area contributed by atoms with E-state index in [1.807, 2.05) is 35.4 Å². The lowest BCUT2D eigenvalue weighted by molar-refractivity contribution is -0.125. The molecule has 0 saturated carbocycles. The average Bonchev–Trinajstić information content (AvgIpc) is 3.26. The number of anilines is 1. The van der Waals surface area contributed by atoms with Crippen LogP contribution in [0.2, 0.25) is 0 Å². The molecule has 0 radical (unpaired) electrons. The lowest BCUT2D eigenvalue weighted by Crippen LogP contribution is -2.54. The lowest BCUT2D eigenvalue weighted by Gasteiger charge is -2.39. The standard InChI is InChI=1S/C20H22N6O3/c1-28-16-5-4-14(17(8-16)29-2)10-21-20(27)15-11-25(12-15)18-9-19(23-13-22-18)26-7-3-6-24-26/h3-9,13,15H,10-12H2,1-2H3,(H,21,27). The zero-order chi connectivity index (χ0) is 20.2. The molecule has 4 rings (SSSR count). The first-order valence-electron chi connectivity index (χ1n) is 9.23. The van der Waals surface area contributed by atoms with Crippen molar-refractivity contribution in [3.8, 4) is 17.3 Å². The zero-order valence-corrected chi connectivity index (χ0v) is 16.3. The molecule has 3 heterocycles. The summed E-state index contributed by atoms with van der Waals surface area (Å²) in [7, 11) is 3.21. The Hall–Kier alpha value is -3.62. The molecule has 2 aromatic heterocycles. The Morgan fingerprint density at radius 2 is 2.00 bits per heavy atom. The minimum Gasteiger partial charge on any atom is -0.497 e. The smallest absolute Gasteiger partial charge is 0.226 e. The molecule has 9 nitrogen and oxygen atoms in total. The summed E-state index contributed by atoms with van der Waals surface area (Å²) >= 11 is 0. The number of methoxy groups -OCH3 is 2. The van der Waals surface area contributed by atoms with Gasteiger partial charge in [0.2, 0.25) is 5.91 Å². The maximum absolute atomic E-state index is 12.5. The van der Waals surface area contributed by atoms with Crippen molar-refractivity contribution in [3.05, 3.63) is 54.6 Å². The number of ether oxygens (including phenoxy) is 2. The van der Waals surface area contributed by atoms with E-state index in [2.05, 4.69) is 20.4 Å². The highest BCUT2D eigenvalue weighted by Crippen LogP contribution is 2.26. The summed E-state index contributed by atoms with van der Waals surface area (Å²) in [5, 5.41) is 7.16. The van der Waals surface area contributed by atoms with Crippen molar-refractivity contribution < 1.29 is 14.3 Å². The molecule has 29 heavy (non-hydrogen) atoms. The summed E-state index contributed by atoms with van der Waals surface area (Å²) in [6.07, 6.45) is 5.03. The molecule has 9 heteroatoms. The maximum Gasteiger partial charge on any atom is 0.226 e. The molecule has 0 atom stereocenters. The van der Waals surface area contributed by atoms with Gasteiger partial charge in [-0.05, 0) is 18.2 Å². The van der Waals surface area contributed by atoms with Gasteiger partial charge in [-0.2, -0.15) is 5.10 Å². The largest absolute Gasteiger partial charge is 0.497 e. The molecule has 1 N–H and O–H groups in total. The Morgan fingerprint density at radius 3 is 2.72 bits per heavy atom. The molecule has 1 aliphatic rings. The van der Waals surface area contributed by atoms with Crippen LogP contribution in [0.15, 0.2) is 49.1 Å². The van der Waals surface area contributed by atoms with Gasteiger partial charge >= 0.3 is 0 Å². The number of hydrogen-bond donors (Lipinski definition) is 1. The molecule has 1 amide bonds. The van der Waals surface area contributed by atoms with Crippen molar-refractivity contribution in [2.75, 3.05) is 32.2 Å². The maximum atomic E-state index is 12.5. The number of nitrogens with zero attached hydrogens (tertiary/aromatic N) is 5. The molecule has 3 aromatic rings. The molecular formula is C20H22N6O3. The summed E-state index contributed by atoms with van der Waals surface area (Å²) in [5.41, 5.74) is 0.900. The van der Waals surface area contributed by atoms with Crippen LogP contribution in [0.5, 0.6) is 11.5 Å². The van der Waals surface area contributed by atoms with Crippen LogP contribution in [0.25, 0.3) is 5.82 Å². The SMILES string of the molecule is COc1ccc(CNC(=O)C2CN(c3cc(-n4cccn4)ncn3)C2)c(OC)c1. The Morgan fingerprint density at radius 1 is 1.17 bits per heavy atom. The van der Waals surface area contributed by atoms with E-state index in [0.29, 0.717) is 37.0 Å². The summed E-state index contributed by atoms with van der Waals surface area (Å²) in [4.78, 5) is 23.1. The van der Waals surface area contributed by atoms with Crippen LogP contribution in [-0.2, 0) is 11.3 Å². The van der Waals surface area contributed by atoms with Crippen LogP contribution in [0, 0.1) is 5.92 Å². The number of carbonyl (C=O) groups excluding carboxylic acids is 1. The second-order valence-corrected chi connectivity index (χ2v) is 6.68. The van der Waals surface area contributed by atoms with Gasteiger partial charge < -0.3 is 19.7 Å². The monoisotopic (exact) mass is 394 g/mol. The number of nitrogens with one attached hydrogen (secondary N) is 1. The predicted octanol–water partition coefficient (Wildman–Crippen LogP) is 1.43. The van der Waals surface area contributed by atoms with Crippen LogP contribution >= 0.6 is 0 Å². The molecule has 0 aliphatic carbocycles. The molecule has 1 fully saturated rings. The van der Waals surface area contributed by atoms with E-state index in [1.165, 1.54) is 6.33 Å². The molecule has 1 saturated heterocycles. The highest BCUT2D eigenvalue weighted by Gasteiger charge is 2.33. The number of benzene rings is 1. The first kappa shape index (κ1) is 18.7. The van der Waals surface area contributed by atoms with Crippen molar-refractivity contribution >= 4 is 11.7 Å². The average molecular weight is 394 g/mol. The van der Waals surface area contributed by atoms with Gasteiger partial charge in [0.05, 0.1) is 20.1 Å². The first-order valence-corrected chi connectivity index (χ1v) is 9.23. The van der Waals surface area contributed by atoms with E-state index in [4.69, 9.17) is 9.47 Å². The van der Waals surface area contributed by atoms with Gasteiger partial charge in [-0.15, -0.1) is 0 Å². The fourth-order valence-electron chi connectivity index (χ4n) is 3.20. The van der Waals surface area contributed by atoms with E-state index < -0.39 is 0 Å². The van der Waals surface area contributed by atoms with E-state index in [1.54, 1.807) is 31.2 Å². The fraction of sp³-hybridized carbons (Fsp3) is 0.300. The Labute approximate surface area is 168 Å². The predicted molar refractivity (Wildman–Crippen MR) is 106 cm³/mol. The molecule has 0 spiro atoms. The van der Waals surface area contributed by atoms with Crippen molar-refractivity contribution in [3.63, 3.8) is 0 Å². The number of aromatic nitrogens is 4. The third-order valence-electron chi connectivity index (χ3n) is 4.90. The van der Waals surface area contributed by atoms with Gasteiger partial charge in [-0.1, -0.05) is 0 Å². The molecule has 1 aliphatic heterocycles. The van der Waals surface area contributed by atoms with Crippen molar-refractivity contribution in [1.82, 2.24) is 25.1 Å². The minimum absolute atomic E-state index is 0.0143.